The molecule has 0 bridgehead atoms. The summed E-state index contributed by atoms with van der Waals surface area (Å²) in [5, 5.41) is 18.1. The molecule has 3 N–H and O–H groups in total. The van der Waals surface area contributed by atoms with Crippen molar-refractivity contribution in [3.63, 3.8) is 0 Å². The summed E-state index contributed by atoms with van der Waals surface area (Å²) in [4.78, 5) is 27.9. The van der Waals surface area contributed by atoms with Crippen LogP contribution in [0.1, 0.15) is 17.3 Å². The number of imidazole rings is 1. The fourth-order valence-corrected chi connectivity index (χ4v) is 3.84. The van der Waals surface area contributed by atoms with E-state index < -0.39 is 5.97 Å². The predicted molar refractivity (Wildman–Crippen MR) is 127 cm³/mol. The van der Waals surface area contributed by atoms with E-state index in [4.69, 9.17) is 5.73 Å². The van der Waals surface area contributed by atoms with E-state index in [1.54, 1.807) is 29.1 Å². The van der Waals surface area contributed by atoms with Crippen molar-refractivity contribution >= 4 is 23.0 Å². The van der Waals surface area contributed by atoms with Gasteiger partial charge in [-0.1, -0.05) is 24.3 Å². The summed E-state index contributed by atoms with van der Waals surface area (Å²) in [6, 6.07) is 17.3. The Balaban J connectivity index is 0.00000180. The van der Waals surface area contributed by atoms with Crippen LogP contribution in [0.3, 0.4) is 0 Å². The second-order valence-corrected chi connectivity index (χ2v) is 7.82. The number of fused-ring (bicyclic) bond motifs is 1. The van der Waals surface area contributed by atoms with Crippen molar-refractivity contribution in [2.75, 3.05) is 5.73 Å². The number of carboxylic acid groups (broad SMARTS) is 1. The fraction of sp³-hybridized carbons (Fsp3) is 0.125. The van der Waals surface area contributed by atoms with Crippen LogP contribution >= 0.6 is 0 Å². The maximum Gasteiger partial charge on any atom is 1.00 e. The van der Waals surface area contributed by atoms with Crippen LogP contribution in [-0.2, 0) is 19.6 Å². The van der Waals surface area contributed by atoms with E-state index in [0.29, 0.717) is 30.3 Å². The number of aromatic carboxylic acids is 1. The van der Waals surface area contributed by atoms with E-state index >= 15 is 0 Å². The van der Waals surface area contributed by atoms with E-state index in [1.165, 1.54) is 22.9 Å². The van der Waals surface area contributed by atoms with Crippen molar-refractivity contribution in [3.8, 4) is 11.3 Å². The first-order chi connectivity index (χ1) is 16.5. The quantitative estimate of drug-likeness (QED) is 0.314. The normalized spacial score (nSPS) is 10.9. The average Bonchev–Trinajstić information content (AvgIpc) is 3.43. The molecule has 35 heavy (non-hydrogen) atoms. The molecule has 0 spiro atoms. The average molecular weight is 463 g/mol. The fourth-order valence-electron chi connectivity index (χ4n) is 3.84. The van der Waals surface area contributed by atoms with E-state index in [9.17, 15) is 14.7 Å². The molecule has 11 heteroatoms. The SMILES string of the molecule is Nc1nc2ccccc2n1CCn1cc(-c2ccc(=O)n(Cc3cccc(C(=O)O)c3)n2)cn1.[H-].[Li+]. The number of anilines is 1. The topological polar surface area (TPSA) is 134 Å². The van der Waals surface area contributed by atoms with E-state index in [-0.39, 0.29) is 38.0 Å². The molecular weight excluding hydrogens is 441 g/mol. The number of aryl methyl sites for hydroxylation is 2. The monoisotopic (exact) mass is 463 g/mol. The number of benzene rings is 2. The molecule has 0 fully saturated rings. The number of hydrogen-bond acceptors (Lipinski definition) is 6. The van der Waals surface area contributed by atoms with Crippen LogP contribution in [0.4, 0.5) is 5.95 Å². The Morgan fingerprint density at radius 3 is 2.71 bits per heavy atom. The molecule has 172 valence electrons. The molecule has 0 aliphatic rings. The van der Waals surface area contributed by atoms with Crippen LogP contribution in [0, 0.1) is 0 Å². The molecule has 0 aliphatic carbocycles. The zero-order valence-electron chi connectivity index (χ0n) is 20.1. The maximum atomic E-state index is 12.3. The first kappa shape index (κ1) is 24.0. The molecule has 10 nitrogen and oxygen atoms in total. The summed E-state index contributed by atoms with van der Waals surface area (Å²) in [5.41, 5.74) is 9.80. The number of aromatic nitrogens is 6. The number of nitrogen functional groups attached to an aromatic ring is 1. The third-order valence-corrected chi connectivity index (χ3v) is 5.54. The summed E-state index contributed by atoms with van der Waals surface area (Å²) in [5.74, 6) is -0.567. The molecule has 2 aromatic carbocycles. The molecule has 0 unspecified atom stereocenters. The van der Waals surface area contributed by atoms with Gasteiger partial charge < -0.3 is 16.8 Å². The molecule has 0 atom stereocenters. The maximum absolute atomic E-state index is 12.3. The zero-order chi connectivity index (χ0) is 23.7. The van der Waals surface area contributed by atoms with Gasteiger partial charge in [0.1, 0.15) is 0 Å². The second kappa shape index (κ2) is 10.0. The van der Waals surface area contributed by atoms with Crippen LogP contribution in [-0.4, -0.2) is 40.2 Å². The number of carboxylic acids is 1. The first-order valence-electron chi connectivity index (χ1n) is 10.6. The Hall–Kier alpha value is -4.13. The van der Waals surface area contributed by atoms with Crippen molar-refractivity contribution in [2.45, 2.75) is 19.6 Å². The number of para-hydroxylation sites is 2. The Kier molecular flexibility index (Phi) is 6.87. The van der Waals surface area contributed by atoms with Gasteiger partial charge in [-0.2, -0.15) is 10.2 Å². The second-order valence-electron chi connectivity index (χ2n) is 7.82. The third kappa shape index (κ3) is 5.04. The van der Waals surface area contributed by atoms with Gasteiger partial charge >= 0.3 is 24.8 Å². The van der Waals surface area contributed by atoms with Gasteiger partial charge in [0.2, 0.25) is 5.95 Å². The van der Waals surface area contributed by atoms with Crippen molar-refractivity contribution in [2.24, 2.45) is 0 Å². The molecule has 0 radical (unpaired) electrons. The largest absolute Gasteiger partial charge is 1.00 e. The first-order valence-corrected chi connectivity index (χ1v) is 10.6. The standard InChI is InChI=1S/C24H21N7O3.Li.H/c25-24-27-20-6-1-2-7-21(20)30(24)11-10-29-15-18(13-26-29)19-8-9-22(32)31(28-19)14-16-4-3-5-17(12-16)23(33)34;;/h1-9,12-13,15H,10-11,14H2,(H2,25,27)(H,33,34);;/q;+1;-1. The van der Waals surface area contributed by atoms with Crippen LogP contribution in [0.25, 0.3) is 22.3 Å². The van der Waals surface area contributed by atoms with Crippen LogP contribution < -0.4 is 30.2 Å². The molecule has 0 saturated heterocycles. The molecule has 0 saturated carbocycles. The third-order valence-electron chi connectivity index (χ3n) is 5.54. The summed E-state index contributed by atoms with van der Waals surface area (Å²) in [6.07, 6.45) is 3.55. The molecule has 0 amide bonds. The van der Waals surface area contributed by atoms with E-state index in [1.807, 2.05) is 35.0 Å². The Bertz CT molecular complexity index is 1580. The number of carbonyl (C=O) groups is 1. The van der Waals surface area contributed by atoms with Gasteiger partial charge in [0.25, 0.3) is 5.56 Å². The van der Waals surface area contributed by atoms with Crippen molar-refractivity contribution < 1.29 is 30.2 Å². The van der Waals surface area contributed by atoms with Gasteiger partial charge in [0.05, 0.1) is 41.6 Å². The van der Waals surface area contributed by atoms with Gasteiger partial charge in [-0.15, -0.1) is 0 Å². The molecule has 3 heterocycles. The van der Waals surface area contributed by atoms with E-state index in [2.05, 4.69) is 15.2 Å². The van der Waals surface area contributed by atoms with Crippen LogP contribution in [0.5, 0.6) is 0 Å². The van der Waals surface area contributed by atoms with Crippen LogP contribution in [0.2, 0.25) is 0 Å². The van der Waals surface area contributed by atoms with Gasteiger partial charge in [-0.3, -0.25) is 9.48 Å². The minimum absolute atomic E-state index is 0. The van der Waals surface area contributed by atoms with E-state index in [0.717, 1.165) is 16.6 Å². The number of rotatable bonds is 7. The van der Waals surface area contributed by atoms with Crippen molar-refractivity contribution in [3.05, 3.63) is 94.5 Å². The summed E-state index contributed by atoms with van der Waals surface area (Å²) in [6.45, 7) is 1.33. The molecular formula is C24H22LiN7O3. The Labute approximate surface area is 213 Å². The Morgan fingerprint density at radius 2 is 1.89 bits per heavy atom. The summed E-state index contributed by atoms with van der Waals surface area (Å²) < 4.78 is 5.04. The Morgan fingerprint density at radius 1 is 1.06 bits per heavy atom. The number of nitrogens with two attached hydrogens (primary N) is 1. The van der Waals surface area contributed by atoms with Gasteiger partial charge in [-0.05, 0) is 35.9 Å². The number of hydrogen-bond donors (Lipinski definition) is 2. The minimum atomic E-state index is -1.02. The summed E-state index contributed by atoms with van der Waals surface area (Å²) >= 11 is 0. The zero-order valence-corrected chi connectivity index (χ0v) is 19.1. The van der Waals surface area contributed by atoms with Gasteiger partial charge in [0.15, 0.2) is 0 Å². The van der Waals surface area contributed by atoms with Crippen molar-refractivity contribution in [1.29, 1.82) is 0 Å². The summed E-state index contributed by atoms with van der Waals surface area (Å²) in [7, 11) is 0. The van der Waals surface area contributed by atoms with Crippen molar-refractivity contribution in [1.82, 2.24) is 29.1 Å². The van der Waals surface area contributed by atoms with Crippen LogP contribution in [0.15, 0.2) is 77.9 Å². The molecule has 5 aromatic rings. The molecule has 0 aliphatic heterocycles. The molecule has 5 rings (SSSR count). The number of nitrogens with zero attached hydrogens (tertiary/aromatic N) is 6. The van der Waals surface area contributed by atoms with Gasteiger partial charge in [-0.25, -0.2) is 14.5 Å². The smallest absolute Gasteiger partial charge is 1.00 e. The predicted octanol–water partition coefficient (Wildman–Crippen LogP) is -0.398. The molecule has 3 aromatic heterocycles. The van der Waals surface area contributed by atoms with Gasteiger partial charge in [0, 0.05) is 24.4 Å². The minimum Gasteiger partial charge on any atom is -1.00 e.